The van der Waals surface area contributed by atoms with Crippen LogP contribution in [0.4, 0.5) is 0 Å². The van der Waals surface area contributed by atoms with E-state index in [1.165, 1.54) is 0 Å². The Bertz CT molecular complexity index is 306. The quantitative estimate of drug-likeness (QED) is 0.519. The second-order valence-corrected chi connectivity index (χ2v) is 3.46. The van der Waals surface area contributed by atoms with Crippen LogP contribution in [0, 0.1) is 13.8 Å². The summed E-state index contributed by atoms with van der Waals surface area (Å²) in [5.41, 5.74) is 2.88. The Kier molecular flexibility index (Phi) is 2.58. The summed E-state index contributed by atoms with van der Waals surface area (Å²) < 4.78 is 0. The summed E-state index contributed by atoms with van der Waals surface area (Å²) in [5.74, 6) is 0.106. The van der Waals surface area contributed by atoms with E-state index < -0.39 is 0 Å². The van der Waals surface area contributed by atoms with Crippen LogP contribution in [0.25, 0.3) is 0 Å². The molecule has 0 spiro atoms. The van der Waals surface area contributed by atoms with Crippen molar-refractivity contribution in [1.82, 2.24) is 0 Å². The van der Waals surface area contributed by atoms with Gasteiger partial charge in [-0.1, -0.05) is 0 Å². The fraction of sp³-hybridized carbons (Fsp3) is 0.300. The molecule has 0 radical (unpaired) electrons. The van der Waals surface area contributed by atoms with E-state index >= 15 is 0 Å². The zero-order valence-corrected chi connectivity index (χ0v) is 8.40. The first kappa shape index (κ1) is 9.33. The molecule has 0 aliphatic carbocycles. The number of hydrogen-bond acceptors (Lipinski definition) is 2. The first-order valence-electron chi connectivity index (χ1n) is 3.83. The summed E-state index contributed by atoms with van der Waals surface area (Å²) in [6, 6.07) is 3.75. The van der Waals surface area contributed by atoms with Gasteiger partial charge >= 0.3 is 0 Å². The van der Waals surface area contributed by atoms with Crippen LogP contribution >= 0.6 is 12.6 Å². The van der Waals surface area contributed by atoms with Gasteiger partial charge in [0.05, 0.1) is 0 Å². The van der Waals surface area contributed by atoms with E-state index in [4.69, 9.17) is 0 Å². The predicted molar refractivity (Wildman–Crippen MR) is 53.2 cm³/mol. The topological polar surface area (TPSA) is 17.1 Å². The van der Waals surface area contributed by atoms with Crippen LogP contribution < -0.4 is 0 Å². The lowest BCUT2D eigenvalue weighted by atomic mass is 10.0. The number of thiol groups is 1. The van der Waals surface area contributed by atoms with Gasteiger partial charge < -0.3 is 0 Å². The van der Waals surface area contributed by atoms with Crippen LogP contribution in [-0.2, 0) is 0 Å². The number of Topliss-reactive ketones (excluding diaryl/α,β-unsaturated/α-hetero) is 1. The molecule has 0 aromatic heterocycles. The molecule has 0 heterocycles. The molecular weight excluding hydrogens is 168 g/mol. The number of ketones is 1. The second-order valence-electron chi connectivity index (χ2n) is 3.01. The maximum atomic E-state index is 11.0. The van der Waals surface area contributed by atoms with Gasteiger partial charge in [-0.3, -0.25) is 4.79 Å². The third-order valence-corrected chi connectivity index (χ3v) is 2.60. The zero-order valence-electron chi connectivity index (χ0n) is 7.51. The Morgan fingerprint density at radius 3 is 2.00 bits per heavy atom. The highest BCUT2D eigenvalue weighted by atomic mass is 32.1. The minimum atomic E-state index is 0.106. The van der Waals surface area contributed by atoms with Crippen LogP contribution in [-0.4, -0.2) is 5.78 Å². The molecule has 1 nitrogen and oxygen atoms in total. The van der Waals surface area contributed by atoms with Crippen LogP contribution in [0.2, 0.25) is 0 Å². The molecule has 1 aromatic rings. The summed E-state index contributed by atoms with van der Waals surface area (Å²) >= 11 is 4.32. The van der Waals surface area contributed by atoms with Crippen molar-refractivity contribution < 1.29 is 4.79 Å². The van der Waals surface area contributed by atoms with Crippen LogP contribution in [0.1, 0.15) is 28.4 Å². The van der Waals surface area contributed by atoms with E-state index in [-0.39, 0.29) is 5.78 Å². The molecule has 1 aromatic carbocycles. The molecule has 0 saturated carbocycles. The molecule has 0 aliphatic heterocycles. The van der Waals surface area contributed by atoms with Gasteiger partial charge in [-0.15, -0.1) is 12.6 Å². The Labute approximate surface area is 78.2 Å². The van der Waals surface area contributed by atoms with Crippen molar-refractivity contribution in [2.75, 3.05) is 0 Å². The largest absolute Gasteiger partial charge is 0.295 e. The summed E-state index contributed by atoms with van der Waals surface area (Å²) in [6.07, 6.45) is 0. The molecule has 0 bridgehead atoms. The van der Waals surface area contributed by atoms with Gasteiger partial charge in [0.2, 0.25) is 0 Å². The lowest BCUT2D eigenvalue weighted by Gasteiger charge is -2.05. The van der Waals surface area contributed by atoms with Crippen LogP contribution in [0.15, 0.2) is 17.0 Å². The van der Waals surface area contributed by atoms with Crippen molar-refractivity contribution in [3.63, 3.8) is 0 Å². The molecule has 12 heavy (non-hydrogen) atoms. The first-order chi connectivity index (χ1) is 5.52. The van der Waals surface area contributed by atoms with Gasteiger partial charge in [-0.25, -0.2) is 0 Å². The minimum Gasteiger partial charge on any atom is -0.295 e. The number of carbonyl (C=O) groups is 1. The van der Waals surface area contributed by atoms with Gasteiger partial charge in [0, 0.05) is 10.5 Å². The Morgan fingerprint density at radius 1 is 1.25 bits per heavy atom. The van der Waals surface area contributed by atoms with Crippen LogP contribution in [0.3, 0.4) is 0 Å². The van der Waals surface area contributed by atoms with Gasteiger partial charge in [0.1, 0.15) is 0 Å². The highest BCUT2D eigenvalue weighted by Gasteiger charge is 2.04. The maximum Gasteiger partial charge on any atom is 0.159 e. The van der Waals surface area contributed by atoms with E-state index in [1.807, 2.05) is 26.0 Å². The molecule has 0 atom stereocenters. The van der Waals surface area contributed by atoms with Gasteiger partial charge in [-0.2, -0.15) is 0 Å². The molecule has 2 heteroatoms. The smallest absolute Gasteiger partial charge is 0.159 e. The van der Waals surface area contributed by atoms with E-state index in [9.17, 15) is 4.79 Å². The van der Waals surface area contributed by atoms with Gasteiger partial charge in [0.15, 0.2) is 5.78 Å². The summed E-state index contributed by atoms with van der Waals surface area (Å²) in [5, 5.41) is 0. The third-order valence-electron chi connectivity index (χ3n) is 1.90. The highest BCUT2D eigenvalue weighted by Crippen LogP contribution is 2.20. The number of aryl methyl sites for hydroxylation is 2. The SMILES string of the molecule is CC(=O)c1cc(C)c(S)c(C)c1. The van der Waals surface area contributed by atoms with E-state index in [0.29, 0.717) is 0 Å². The standard InChI is InChI=1S/C10H12OS/c1-6-4-9(8(3)11)5-7(2)10(6)12/h4-5,12H,1-3H3. The average molecular weight is 180 g/mol. The Hall–Kier alpha value is -0.760. The lowest BCUT2D eigenvalue weighted by molar-refractivity contribution is 0.101. The fourth-order valence-corrected chi connectivity index (χ4v) is 1.29. The van der Waals surface area contributed by atoms with Crippen molar-refractivity contribution in [3.8, 4) is 0 Å². The average Bonchev–Trinajstić information content (AvgIpc) is 1.99. The van der Waals surface area contributed by atoms with Crippen molar-refractivity contribution >= 4 is 18.4 Å². The number of rotatable bonds is 1. The normalized spacial score (nSPS) is 10.0. The molecular formula is C10H12OS. The van der Waals surface area contributed by atoms with Gasteiger partial charge in [-0.05, 0) is 44.0 Å². The molecule has 1 rings (SSSR count). The van der Waals surface area contributed by atoms with Crippen molar-refractivity contribution in [3.05, 3.63) is 28.8 Å². The third kappa shape index (κ3) is 1.69. The number of benzene rings is 1. The summed E-state index contributed by atoms with van der Waals surface area (Å²) in [4.78, 5) is 12.0. The lowest BCUT2D eigenvalue weighted by Crippen LogP contribution is -1.95. The fourth-order valence-electron chi connectivity index (χ4n) is 1.16. The minimum absolute atomic E-state index is 0.106. The molecule has 0 fully saturated rings. The molecule has 0 aliphatic rings. The monoisotopic (exact) mass is 180 g/mol. The van der Waals surface area contributed by atoms with Gasteiger partial charge in [0.25, 0.3) is 0 Å². The summed E-state index contributed by atoms with van der Waals surface area (Å²) in [6.45, 7) is 5.50. The Balaban J connectivity index is 3.31. The molecule has 64 valence electrons. The Morgan fingerprint density at radius 2 is 1.67 bits per heavy atom. The van der Waals surface area contributed by atoms with E-state index in [0.717, 1.165) is 21.6 Å². The highest BCUT2D eigenvalue weighted by molar-refractivity contribution is 7.80. The van der Waals surface area contributed by atoms with E-state index in [1.54, 1.807) is 6.92 Å². The first-order valence-corrected chi connectivity index (χ1v) is 4.28. The zero-order chi connectivity index (χ0) is 9.30. The van der Waals surface area contributed by atoms with Crippen molar-refractivity contribution in [2.45, 2.75) is 25.7 Å². The number of carbonyl (C=O) groups excluding carboxylic acids is 1. The molecule has 0 amide bonds. The molecule has 0 saturated heterocycles. The van der Waals surface area contributed by atoms with Crippen molar-refractivity contribution in [1.29, 1.82) is 0 Å². The molecule has 0 N–H and O–H groups in total. The molecule has 0 unspecified atom stereocenters. The summed E-state index contributed by atoms with van der Waals surface area (Å²) in [7, 11) is 0. The van der Waals surface area contributed by atoms with Crippen LogP contribution in [0.5, 0.6) is 0 Å². The number of hydrogen-bond donors (Lipinski definition) is 1. The second kappa shape index (κ2) is 3.31. The van der Waals surface area contributed by atoms with E-state index in [2.05, 4.69) is 12.6 Å². The van der Waals surface area contributed by atoms with Crippen molar-refractivity contribution in [2.24, 2.45) is 0 Å². The predicted octanol–water partition coefficient (Wildman–Crippen LogP) is 2.79. The maximum absolute atomic E-state index is 11.0.